The fraction of sp³-hybridized carbons (Fsp3) is 0.0698. The third-order valence-corrected chi connectivity index (χ3v) is 20.7. The number of carbonyl (C=O) groups excluding carboxylic acids is 2. The van der Waals surface area contributed by atoms with Crippen LogP contribution in [0.15, 0.2) is 194 Å². The van der Waals surface area contributed by atoms with E-state index in [1.54, 1.807) is 0 Å². The Bertz CT molecular complexity index is 1690. The van der Waals surface area contributed by atoms with Crippen molar-refractivity contribution in [1.82, 2.24) is 9.13 Å². The molecule has 0 bridgehead atoms. The standard InChI is InChI=1S/C43H38N2O2Si2/c46-42-32-33-43(47)44(42)34-19-35-45(48(36-20-7-1-8-21-36,37-22-9-2-10-23-37)38-24-11-3-12-25-38)49(39-26-13-4-14-27-39,40-28-15-5-16-29-40)41-30-17-6-18-31-41/h1-18,20-33H,19,34-35H2. The van der Waals surface area contributed by atoms with Crippen molar-refractivity contribution in [3.8, 4) is 0 Å². The molecule has 0 atom stereocenters. The van der Waals surface area contributed by atoms with Crippen molar-refractivity contribution >= 4 is 59.4 Å². The van der Waals surface area contributed by atoms with Crippen LogP contribution in [0.4, 0.5) is 0 Å². The van der Waals surface area contributed by atoms with Crippen molar-refractivity contribution in [2.24, 2.45) is 0 Å². The second-order valence-corrected chi connectivity index (χ2v) is 20.1. The molecule has 240 valence electrons. The molecule has 7 rings (SSSR count). The highest BCUT2D eigenvalue weighted by Gasteiger charge is 2.57. The lowest BCUT2D eigenvalue weighted by Crippen LogP contribution is -2.90. The Balaban J connectivity index is 1.62. The summed E-state index contributed by atoms with van der Waals surface area (Å²) in [5.74, 6) is -0.487. The molecule has 0 radical (unpaired) electrons. The van der Waals surface area contributed by atoms with Gasteiger partial charge < -0.3 is 4.23 Å². The molecule has 49 heavy (non-hydrogen) atoms. The van der Waals surface area contributed by atoms with Gasteiger partial charge in [0.05, 0.1) is 0 Å². The zero-order valence-electron chi connectivity index (χ0n) is 27.3. The number of hydrogen-bond donors (Lipinski definition) is 0. The largest absolute Gasteiger partial charge is 0.324 e. The summed E-state index contributed by atoms with van der Waals surface area (Å²) in [4.78, 5) is 27.0. The molecule has 1 heterocycles. The second-order valence-electron chi connectivity index (χ2n) is 12.3. The first-order chi connectivity index (χ1) is 24.2. The van der Waals surface area contributed by atoms with E-state index in [2.05, 4.69) is 186 Å². The zero-order valence-corrected chi connectivity index (χ0v) is 29.3. The van der Waals surface area contributed by atoms with Crippen molar-refractivity contribution in [3.05, 3.63) is 194 Å². The lowest BCUT2D eigenvalue weighted by atomic mass is 10.3. The first-order valence-electron chi connectivity index (χ1n) is 16.8. The Hall–Kier alpha value is -5.41. The predicted molar refractivity (Wildman–Crippen MR) is 205 cm³/mol. The van der Waals surface area contributed by atoms with E-state index in [0.29, 0.717) is 19.5 Å². The first kappa shape index (κ1) is 32.2. The summed E-state index contributed by atoms with van der Waals surface area (Å²) in [5.41, 5.74) is 0. The average molecular weight is 671 g/mol. The molecule has 0 unspecified atom stereocenters. The fourth-order valence-electron chi connectivity index (χ4n) is 7.64. The first-order valence-corrected chi connectivity index (χ1v) is 20.7. The van der Waals surface area contributed by atoms with Crippen LogP contribution < -0.4 is 31.1 Å². The molecular formula is C43H38N2O2Si2. The van der Waals surface area contributed by atoms with Gasteiger partial charge in [-0.15, -0.1) is 0 Å². The van der Waals surface area contributed by atoms with E-state index in [9.17, 15) is 9.59 Å². The molecule has 0 fully saturated rings. The van der Waals surface area contributed by atoms with E-state index in [-0.39, 0.29) is 11.8 Å². The minimum Gasteiger partial charge on any atom is -0.324 e. The lowest BCUT2D eigenvalue weighted by Gasteiger charge is -2.54. The van der Waals surface area contributed by atoms with Crippen LogP contribution in [-0.4, -0.2) is 50.5 Å². The normalized spacial score (nSPS) is 13.3. The van der Waals surface area contributed by atoms with E-state index >= 15 is 0 Å². The second kappa shape index (κ2) is 14.4. The third-order valence-electron chi connectivity index (χ3n) is 9.62. The van der Waals surface area contributed by atoms with E-state index in [0.717, 1.165) is 0 Å². The molecule has 0 spiro atoms. The maximum absolute atomic E-state index is 12.8. The molecule has 2 amide bonds. The summed E-state index contributed by atoms with van der Waals surface area (Å²) in [6, 6.07) is 66.1. The van der Waals surface area contributed by atoms with Gasteiger partial charge in [0.2, 0.25) is 16.5 Å². The molecule has 6 aromatic rings. The quantitative estimate of drug-likeness (QED) is 0.113. The fourth-order valence-corrected chi connectivity index (χ4v) is 20.9. The van der Waals surface area contributed by atoms with Crippen LogP contribution in [0.5, 0.6) is 0 Å². The molecule has 4 nitrogen and oxygen atoms in total. The molecule has 6 aromatic carbocycles. The van der Waals surface area contributed by atoms with Crippen molar-refractivity contribution in [2.75, 3.05) is 13.1 Å². The highest BCUT2D eigenvalue weighted by molar-refractivity contribution is 7.22. The number of rotatable bonds is 12. The van der Waals surface area contributed by atoms with Gasteiger partial charge in [0.15, 0.2) is 0 Å². The summed E-state index contributed by atoms with van der Waals surface area (Å²) in [6.45, 7) is 0.986. The Morgan fingerprint density at radius 2 is 0.633 bits per heavy atom. The zero-order chi connectivity index (χ0) is 33.5. The smallest absolute Gasteiger partial charge is 0.253 e. The monoisotopic (exact) mass is 670 g/mol. The Kier molecular flexibility index (Phi) is 9.43. The number of imide groups is 1. The van der Waals surface area contributed by atoms with Crippen molar-refractivity contribution in [3.63, 3.8) is 0 Å². The van der Waals surface area contributed by atoms with Gasteiger partial charge in [-0.05, 0) is 44.1 Å². The van der Waals surface area contributed by atoms with Gasteiger partial charge in [0, 0.05) is 18.7 Å². The highest BCUT2D eigenvalue weighted by atomic mass is 28.4. The van der Waals surface area contributed by atoms with E-state index in [1.807, 2.05) is 0 Å². The molecule has 0 N–H and O–H groups in total. The maximum atomic E-state index is 12.8. The van der Waals surface area contributed by atoms with E-state index in [1.165, 1.54) is 48.2 Å². The minimum atomic E-state index is -3.16. The van der Waals surface area contributed by atoms with Crippen LogP contribution in [-0.2, 0) is 9.59 Å². The van der Waals surface area contributed by atoms with Gasteiger partial charge in [-0.25, -0.2) is 0 Å². The van der Waals surface area contributed by atoms with Crippen LogP contribution in [0.2, 0.25) is 0 Å². The van der Waals surface area contributed by atoms with Crippen LogP contribution >= 0.6 is 0 Å². The van der Waals surface area contributed by atoms with Gasteiger partial charge >= 0.3 is 0 Å². The Morgan fingerprint density at radius 3 is 0.878 bits per heavy atom. The maximum Gasteiger partial charge on any atom is 0.253 e. The average Bonchev–Trinajstić information content (AvgIpc) is 3.50. The number of hydrogen-bond acceptors (Lipinski definition) is 3. The van der Waals surface area contributed by atoms with Crippen LogP contribution in [0.1, 0.15) is 6.42 Å². The number of carbonyl (C=O) groups is 2. The third kappa shape index (κ3) is 5.84. The van der Waals surface area contributed by atoms with Gasteiger partial charge in [0.1, 0.15) is 0 Å². The summed E-state index contributed by atoms with van der Waals surface area (Å²) < 4.78 is 2.90. The minimum absolute atomic E-state index is 0.244. The van der Waals surface area contributed by atoms with E-state index in [4.69, 9.17) is 0 Å². The molecule has 6 heteroatoms. The molecule has 0 saturated carbocycles. The molecule has 0 aliphatic carbocycles. The lowest BCUT2D eigenvalue weighted by molar-refractivity contribution is -0.136. The van der Waals surface area contributed by atoms with Crippen molar-refractivity contribution in [1.29, 1.82) is 0 Å². The van der Waals surface area contributed by atoms with Crippen LogP contribution in [0.25, 0.3) is 0 Å². The summed E-state index contributed by atoms with van der Waals surface area (Å²) in [5, 5.41) is 7.68. The highest BCUT2D eigenvalue weighted by Crippen LogP contribution is 2.24. The Morgan fingerprint density at radius 1 is 0.388 bits per heavy atom. The number of benzene rings is 6. The van der Waals surface area contributed by atoms with Crippen LogP contribution in [0, 0.1) is 0 Å². The topological polar surface area (TPSA) is 40.6 Å². The van der Waals surface area contributed by atoms with Gasteiger partial charge in [-0.2, -0.15) is 0 Å². The predicted octanol–water partition coefficient (Wildman–Crippen LogP) is 3.94. The van der Waals surface area contributed by atoms with Gasteiger partial charge in [0.25, 0.3) is 11.8 Å². The SMILES string of the molecule is O=C1C=CC(=O)N1CCCN([Si](c1ccccc1)(c1ccccc1)c1ccccc1)[Si](c1ccccc1)(c1ccccc1)c1ccccc1. The van der Waals surface area contributed by atoms with E-state index < -0.39 is 16.5 Å². The Labute approximate surface area is 290 Å². The van der Waals surface area contributed by atoms with Gasteiger partial charge in [-0.3, -0.25) is 14.5 Å². The molecule has 0 aromatic heterocycles. The van der Waals surface area contributed by atoms with Gasteiger partial charge in [-0.1, -0.05) is 182 Å². The van der Waals surface area contributed by atoms with Crippen molar-refractivity contribution in [2.45, 2.75) is 6.42 Å². The summed E-state index contributed by atoms with van der Waals surface area (Å²) in [7, 11) is -6.31. The number of amides is 2. The summed E-state index contributed by atoms with van der Waals surface area (Å²) >= 11 is 0. The molecular weight excluding hydrogens is 633 g/mol. The molecule has 1 aliphatic rings. The van der Waals surface area contributed by atoms with Crippen LogP contribution in [0.3, 0.4) is 0 Å². The molecule has 1 aliphatic heterocycles. The molecule has 0 saturated heterocycles. The number of nitrogens with zero attached hydrogens (tertiary/aromatic N) is 2. The summed E-state index contributed by atoms with van der Waals surface area (Å²) in [6.07, 6.45) is 3.38. The van der Waals surface area contributed by atoms with Crippen molar-refractivity contribution < 1.29 is 9.59 Å².